The number of aliphatic hydroxyl groups is 1. The van der Waals surface area contributed by atoms with Crippen LogP contribution in [0.15, 0.2) is 0 Å². The number of amides is 1. The number of likely N-dealkylation sites (tertiary alicyclic amines) is 1. The summed E-state index contributed by atoms with van der Waals surface area (Å²) in [5.74, 6) is -1.39. The van der Waals surface area contributed by atoms with Gasteiger partial charge in [-0.25, -0.2) is 4.79 Å². The van der Waals surface area contributed by atoms with Gasteiger partial charge in [0.15, 0.2) is 0 Å². The van der Waals surface area contributed by atoms with Crippen molar-refractivity contribution < 1.29 is 24.5 Å². The van der Waals surface area contributed by atoms with Crippen molar-refractivity contribution in [3.8, 4) is 0 Å². The van der Waals surface area contributed by atoms with Crippen molar-refractivity contribution in [2.24, 2.45) is 0 Å². The molecule has 2 aliphatic rings. The summed E-state index contributed by atoms with van der Waals surface area (Å²) in [4.78, 5) is 24.5. The molecule has 0 aromatic carbocycles. The molecule has 2 fully saturated rings. The number of rotatable bonds is 2. The van der Waals surface area contributed by atoms with Crippen LogP contribution in [0.5, 0.6) is 0 Å². The molecule has 2 N–H and O–H groups in total. The van der Waals surface area contributed by atoms with Crippen LogP contribution >= 0.6 is 0 Å². The Morgan fingerprint density at radius 3 is 2.71 bits per heavy atom. The van der Waals surface area contributed by atoms with Gasteiger partial charge in [0.25, 0.3) is 5.91 Å². The highest BCUT2D eigenvalue weighted by molar-refractivity contribution is 5.90. The Balaban J connectivity index is 2.15. The highest BCUT2D eigenvalue weighted by atomic mass is 16.5. The number of β-amino-alcohol motifs (C(OH)–C–C–N with tert-alkyl or cyclic N) is 1. The molecular weight excluding hydrogens is 226 g/mol. The van der Waals surface area contributed by atoms with Gasteiger partial charge in [0.1, 0.15) is 11.6 Å². The number of nitrogens with zero attached hydrogens (tertiary/aromatic N) is 1. The largest absolute Gasteiger partial charge is 0.480 e. The van der Waals surface area contributed by atoms with Crippen molar-refractivity contribution in [2.75, 3.05) is 13.2 Å². The predicted molar refractivity (Wildman–Crippen MR) is 57.4 cm³/mol. The molecule has 1 unspecified atom stereocenters. The van der Waals surface area contributed by atoms with E-state index in [1.54, 1.807) is 6.92 Å². The van der Waals surface area contributed by atoms with Crippen LogP contribution in [0.2, 0.25) is 0 Å². The lowest BCUT2D eigenvalue weighted by Gasteiger charge is -2.30. The zero-order valence-corrected chi connectivity index (χ0v) is 9.76. The molecule has 2 aliphatic heterocycles. The molecule has 0 bridgehead atoms. The lowest BCUT2D eigenvalue weighted by molar-refractivity contribution is -0.158. The number of hydrogen-bond donors (Lipinski definition) is 2. The molecule has 6 heteroatoms. The fourth-order valence-electron chi connectivity index (χ4n) is 2.52. The van der Waals surface area contributed by atoms with Gasteiger partial charge in [-0.3, -0.25) is 4.79 Å². The minimum atomic E-state index is -1.07. The van der Waals surface area contributed by atoms with E-state index in [2.05, 4.69) is 0 Å². The average molecular weight is 243 g/mol. The average Bonchev–Trinajstić information content (AvgIpc) is 2.84. The van der Waals surface area contributed by atoms with Gasteiger partial charge in [0.2, 0.25) is 0 Å². The summed E-state index contributed by atoms with van der Waals surface area (Å²) in [7, 11) is 0. The Hall–Kier alpha value is -1.14. The van der Waals surface area contributed by atoms with Crippen LogP contribution in [0.25, 0.3) is 0 Å². The summed E-state index contributed by atoms with van der Waals surface area (Å²) in [6.07, 6.45) is 0.739. The third-order valence-corrected chi connectivity index (χ3v) is 3.50. The Kier molecular flexibility index (Phi) is 3.09. The predicted octanol–water partition coefficient (Wildman–Crippen LogP) is -0.398. The molecule has 1 amide bonds. The smallest absolute Gasteiger partial charge is 0.326 e. The highest BCUT2D eigenvalue weighted by Gasteiger charge is 2.47. The molecule has 17 heavy (non-hydrogen) atoms. The van der Waals surface area contributed by atoms with Crippen molar-refractivity contribution in [3.63, 3.8) is 0 Å². The summed E-state index contributed by atoms with van der Waals surface area (Å²) in [5, 5.41) is 18.5. The Morgan fingerprint density at radius 1 is 1.47 bits per heavy atom. The maximum Gasteiger partial charge on any atom is 0.326 e. The second-order valence-corrected chi connectivity index (χ2v) is 4.88. The molecule has 0 aliphatic carbocycles. The zero-order chi connectivity index (χ0) is 12.6. The molecule has 0 spiro atoms. The molecular formula is C11H17NO5. The lowest BCUT2D eigenvalue weighted by Crippen LogP contribution is -2.51. The van der Waals surface area contributed by atoms with E-state index in [1.165, 1.54) is 4.90 Å². The SMILES string of the molecule is CC1(C(=O)N2C[C@H](O)C[C@H]2C(=O)O)CCCO1. The molecule has 0 radical (unpaired) electrons. The van der Waals surface area contributed by atoms with Crippen molar-refractivity contribution >= 4 is 11.9 Å². The van der Waals surface area contributed by atoms with Gasteiger partial charge in [-0.15, -0.1) is 0 Å². The van der Waals surface area contributed by atoms with Crippen molar-refractivity contribution in [3.05, 3.63) is 0 Å². The number of aliphatic carboxylic acids is 1. The molecule has 0 aromatic rings. The fraction of sp³-hybridized carbons (Fsp3) is 0.818. The minimum absolute atomic E-state index is 0.0781. The molecule has 2 rings (SSSR count). The highest BCUT2D eigenvalue weighted by Crippen LogP contribution is 2.30. The van der Waals surface area contributed by atoms with Gasteiger partial charge in [0, 0.05) is 19.6 Å². The van der Waals surface area contributed by atoms with E-state index < -0.39 is 23.7 Å². The van der Waals surface area contributed by atoms with Gasteiger partial charge in [0.05, 0.1) is 6.10 Å². The van der Waals surface area contributed by atoms with Crippen molar-refractivity contribution in [2.45, 2.75) is 43.9 Å². The first-order chi connectivity index (χ1) is 7.94. The maximum absolute atomic E-state index is 12.3. The molecule has 0 aromatic heterocycles. The van der Waals surface area contributed by atoms with Crippen LogP contribution in [0.4, 0.5) is 0 Å². The topological polar surface area (TPSA) is 87.1 Å². The van der Waals surface area contributed by atoms with Crippen LogP contribution in [-0.4, -0.2) is 57.9 Å². The third kappa shape index (κ3) is 2.14. The molecule has 2 heterocycles. The summed E-state index contributed by atoms with van der Waals surface area (Å²) in [5.41, 5.74) is -0.919. The third-order valence-electron chi connectivity index (χ3n) is 3.50. The first-order valence-corrected chi connectivity index (χ1v) is 5.80. The van der Waals surface area contributed by atoms with Gasteiger partial charge in [-0.05, 0) is 19.8 Å². The van der Waals surface area contributed by atoms with E-state index in [-0.39, 0.29) is 18.9 Å². The number of ether oxygens (including phenoxy) is 1. The number of aliphatic hydroxyl groups excluding tert-OH is 1. The lowest BCUT2D eigenvalue weighted by atomic mass is 10.0. The quantitative estimate of drug-likeness (QED) is 0.689. The van der Waals surface area contributed by atoms with E-state index in [0.717, 1.165) is 6.42 Å². The van der Waals surface area contributed by atoms with Crippen LogP contribution in [0.3, 0.4) is 0 Å². The van der Waals surface area contributed by atoms with Gasteiger partial charge in [-0.1, -0.05) is 0 Å². The van der Waals surface area contributed by atoms with Crippen LogP contribution < -0.4 is 0 Å². The van der Waals surface area contributed by atoms with Crippen molar-refractivity contribution in [1.82, 2.24) is 4.90 Å². The number of carboxylic acids is 1. The van der Waals surface area contributed by atoms with Gasteiger partial charge < -0.3 is 19.8 Å². The number of carbonyl (C=O) groups is 2. The standard InChI is InChI=1S/C11H17NO5/c1-11(3-2-4-17-11)10(16)12-6-7(13)5-8(12)9(14)15/h7-8,13H,2-6H2,1H3,(H,14,15)/t7-,8+,11?/m1/s1. The minimum Gasteiger partial charge on any atom is -0.480 e. The second-order valence-electron chi connectivity index (χ2n) is 4.88. The first-order valence-electron chi connectivity index (χ1n) is 5.80. The van der Waals surface area contributed by atoms with E-state index in [1.807, 2.05) is 0 Å². The summed E-state index contributed by atoms with van der Waals surface area (Å²) >= 11 is 0. The molecule has 3 atom stereocenters. The molecule has 0 saturated carbocycles. The van der Waals surface area contributed by atoms with Crippen LogP contribution in [-0.2, 0) is 14.3 Å². The summed E-state index contributed by atoms with van der Waals surface area (Å²) < 4.78 is 5.41. The molecule has 2 saturated heterocycles. The fourth-order valence-corrected chi connectivity index (χ4v) is 2.52. The number of hydrogen-bond acceptors (Lipinski definition) is 4. The summed E-state index contributed by atoms with van der Waals surface area (Å²) in [6, 6.07) is -0.932. The van der Waals surface area contributed by atoms with Gasteiger partial charge >= 0.3 is 5.97 Å². The second kappa shape index (κ2) is 4.27. The van der Waals surface area contributed by atoms with Crippen LogP contribution in [0.1, 0.15) is 26.2 Å². The number of carboxylic acid groups (broad SMARTS) is 1. The van der Waals surface area contributed by atoms with E-state index in [9.17, 15) is 14.7 Å². The van der Waals surface area contributed by atoms with Crippen molar-refractivity contribution in [1.29, 1.82) is 0 Å². The van der Waals surface area contributed by atoms with E-state index >= 15 is 0 Å². The normalized spacial score (nSPS) is 37.4. The molecule has 6 nitrogen and oxygen atoms in total. The number of carbonyl (C=O) groups excluding carboxylic acids is 1. The van der Waals surface area contributed by atoms with E-state index in [4.69, 9.17) is 9.84 Å². The summed E-state index contributed by atoms with van der Waals surface area (Å²) in [6.45, 7) is 2.29. The Morgan fingerprint density at radius 2 is 2.18 bits per heavy atom. The van der Waals surface area contributed by atoms with E-state index in [0.29, 0.717) is 13.0 Å². The van der Waals surface area contributed by atoms with Crippen LogP contribution in [0, 0.1) is 0 Å². The Bertz CT molecular complexity index is 337. The zero-order valence-electron chi connectivity index (χ0n) is 9.76. The first kappa shape index (κ1) is 12.3. The Labute approximate surface area is 99.2 Å². The van der Waals surface area contributed by atoms with Gasteiger partial charge in [-0.2, -0.15) is 0 Å². The monoisotopic (exact) mass is 243 g/mol. The maximum atomic E-state index is 12.3. The molecule has 96 valence electrons.